The number of likely N-dealkylation sites (N-methyl/N-ethyl adjacent to an activating group) is 1. The van der Waals surface area contributed by atoms with E-state index >= 15 is 0 Å². The van der Waals surface area contributed by atoms with Gasteiger partial charge in [0.25, 0.3) is 0 Å². The summed E-state index contributed by atoms with van der Waals surface area (Å²) >= 11 is 0. The molecule has 0 unspecified atom stereocenters. The van der Waals surface area contributed by atoms with Crippen LogP contribution in [0, 0.1) is 17.8 Å². The molecule has 3 rings (SSSR count). The molecule has 1 heterocycles. The fourth-order valence-electron chi connectivity index (χ4n) is 4.10. The number of fused-ring (bicyclic) bond motifs is 1. The van der Waals surface area contributed by atoms with Crippen molar-refractivity contribution in [2.45, 2.75) is 55.5 Å². The lowest BCUT2D eigenvalue weighted by atomic mass is 10.0. The summed E-state index contributed by atoms with van der Waals surface area (Å²) in [6.07, 6.45) is 0.900. The minimum absolute atomic E-state index is 0.0344. The highest BCUT2D eigenvalue weighted by Gasteiger charge is 2.39. The summed E-state index contributed by atoms with van der Waals surface area (Å²) in [5.74, 6) is 6.19. The Kier molecular flexibility index (Phi) is 9.84. The van der Waals surface area contributed by atoms with Crippen LogP contribution < -0.4 is 9.47 Å². The average molecular weight is 565 g/mol. The molecule has 0 amide bonds. The molecule has 1 aliphatic rings. The van der Waals surface area contributed by atoms with Crippen molar-refractivity contribution >= 4 is 20.0 Å². The van der Waals surface area contributed by atoms with E-state index in [4.69, 9.17) is 9.47 Å². The van der Waals surface area contributed by atoms with Crippen molar-refractivity contribution in [1.82, 2.24) is 8.61 Å². The van der Waals surface area contributed by atoms with Crippen molar-refractivity contribution in [3.63, 3.8) is 0 Å². The highest BCUT2D eigenvalue weighted by molar-refractivity contribution is 7.89. The van der Waals surface area contributed by atoms with Crippen LogP contribution in [-0.4, -0.2) is 76.6 Å². The summed E-state index contributed by atoms with van der Waals surface area (Å²) in [6, 6.07) is 10.2. The number of unbranched alkanes of at least 4 members (excludes halogenated alkanes) is 1. The monoisotopic (exact) mass is 564 g/mol. The van der Waals surface area contributed by atoms with Crippen LogP contribution in [0.5, 0.6) is 11.5 Å². The lowest BCUT2D eigenvalue weighted by Gasteiger charge is -2.37. The SMILES string of the molecule is CCCC#Cc1ccc2c(c1)O[C@@H](CN(C)S(=O)(=O)c1cccc(OC)c1)[C@H](C)CN([C@H](C)CO)S2(=O)=O. The molecule has 1 aliphatic heterocycles. The van der Waals surface area contributed by atoms with Crippen molar-refractivity contribution < 1.29 is 31.4 Å². The van der Waals surface area contributed by atoms with E-state index in [0.29, 0.717) is 17.7 Å². The number of hydrogen-bond donors (Lipinski definition) is 1. The number of ether oxygens (including phenoxy) is 2. The molecule has 38 heavy (non-hydrogen) atoms. The molecule has 11 heteroatoms. The first-order valence-electron chi connectivity index (χ1n) is 12.5. The third-order valence-electron chi connectivity index (χ3n) is 6.46. The third-order valence-corrected chi connectivity index (χ3v) is 10.3. The molecule has 0 fully saturated rings. The summed E-state index contributed by atoms with van der Waals surface area (Å²) in [7, 11) is -4.98. The van der Waals surface area contributed by atoms with Gasteiger partial charge in [0.2, 0.25) is 20.0 Å². The van der Waals surface area contributed by atoms with Crippen LogP contribution in [0.15, 0.2) is 52.3 Å². The molecular formula is C27H36N2O7S2. The van der Waals surface area contributed by atoms with Crippen LogP contribution >= 0.6 is 0 Å². The van der Waals surface area contributed by atoms with Crippen molar-refractivity contribution in [2.75, 3.05) is 33.9 Å². The Morgan fingerprint density at radius 3 is 2.66 bits per heavy atom. The smallest absolute Gasteiger partial charge is 0.247 e. The van der Waals surface area contributed by atoms with Crippen LogP contribution in [0.4, 0.5) is 0 Å². The number of benzene rings is 2. The van der Waals surface area contributed by atoms with Crippen molar-refractivity contribution in [3.8, 4) is 23.3 Å². The van der Waals surface area contributed by atoms with Gasteiger partial charge in [-0.3, -0.25) is 0 Å². The predicted octanol–water partition coefficient (Wildman–Crippen LogP) is 2.94. The molecule has 0 saturated carbocycles. The first-order valence-corrected chi connectivity index (χ1v) is 15.4. The maximum atomic E-state index is 13.6. The van der Waals surface area contributed by atoms with Gasteiger partial charge in [0, 0.05) is 43.6 Å². The first-order chi connectivity index (χ1) is 17.9. The Bertz CT molecular complexity index is 1400. The summed E-state index contributed by atoms with van der Waals surface area (Å²) in [4.78, 5) is 0.0267. The number of nitrogens with zero attached hydrogens (tertiary/aromatic N) is 2. The molecule has 0 saturated heterocycles. The minimum atomic E-state index is -4.01. The van der Waals surface area contributed by atoms with Gasteiger partial charge in [0.1, 0.15) is 22.5 Å². The molecule has 1 N–H and O–H groups in total. The second-order valence-electron chi connectivity index (χ2n) is 9.42. The van der Waals surface area contributed by atoms with Gasteiger partial charge in [-0.1, -0.05) is 31.8 Å². The molecule has 208 valence electrons. The summed E-state index contributed by atoms with van der Waals surface area (Å²) in [5, 5.41) is 9.81. The highest BCUT2D eigenvalue weighted by Crippen LogP contribution is 2.34. The van der Waals surface area contributed by atoms with Crippen LogP contribution in [0.3, 0.4) is 0 Å². The lowest BCUT2D eigenvalue weighted by molar-refractivity contribution is 0.0904. The molecular weight excluding hydrogens is 528 g/mol. The first kappa shape index (κ1) is 29.9. The number of rotatable bonds is 8. The van der Waals surface area contributed by atoms with Gasteiger partial charge in [-0.25, -0.2) is 16.8 Å². The van der Waals surface area contributed by atoms with Crippen LogP contribution in [0.2, 0.25) is 0 Å². The predicted molar refractivity (Wildman–Crippen MR) is 145 cm³/mol. The summed E-state index contributed by atoms with van der Waals surface area (Å²) in [5.41, 5.74) is 0.596. The van der Waals surface area contributed by atoms with Crippen LogP contribution in [-0.2, 0) is 20.0 Å². The van der Waals surface area contributed by atoms with Gasteiger partial charge in [0.15, 0.2) is 0 Å². The fraction of sp³-hybridized carbons (Fsp3) is 0.481. The van der Waals surface area contributed by atoms with Crippen LogP contribution in [0.25, 0.3) is 0 Å². The Morgan fingerprint density at radius 2 is 2.00 bits per heavy atom. The van der Waals surface area contributed by atoms with E-state index in [-0.39, 0.29) is 35.2 Å². The molecule has 3 atom stereocenters. The zero-order valence-corrected chi connectivity index (χ0v) is 24.0. The molecule has 9 nitrogen and oxygen atoms in total. The van der Waals surface area contributed by atoms with Gasteiger partial charge in [-0.2, -0.15) is 8.61 Å². The van der Waals surface area contributed by atoms with E-state index in [1.807, 2.05) is 6.92 Å². The minimum Gasteiger partial charge on any atom is -0.497 e. The number of aliphatic hydroxyl groups is 1. The molecule has 0 bridgehead atoms. The molecule has 0 spiro atoms. The van der Waals surface area contributed by atoms with Gasteiger partial charge in [-0.15, -0.1) is 0 Å². The normalized spacial score (nSPS) is 20.3. The van der Waals surface area contributed by atoms with Gasteiger partial charge < -0.3 is 14.6 Å². The number of sulfonamides is 2. The van der Waals surface area contributed by atoms with Crippen LogP contribution in [0.1, 0.15) is 39.2 Å². The summed E-state index contributed by atoms with van der Waals surface area (Å²) < 4.78 is 67.8. The second-order valence-corrected chi connectivity index (χ2v) is 13.3. The Morgan fingerprint density at radius 1 is 1.26 bits per heavy atom. The standard InChI is InChI=1S/C27H36N2O7S2/c1-6-7-8-10-22-13-14-27-25(15-22)36-26(20(2)17-29(21(3)19-30)38(27,33)34)18-28(4)37(31,32)24-12-9-11-23(16-24)35-5/h9,11-16,20-21,26,30H,6-7,17-19H2,1-5H3/t20-,21-,26+/m1/s1. The largest absolute Gasteiger partial charge is 0.497 e. The number of methoxy groups -OCH3 is 1. The Labute approximate surface area is 226 Å². The van der Waals surface area contributed by atoms with Crippen molar-refractivity contribution in [3.05, 3.63) is 48.0 Å². The zero-order valence-electron chi connectivity index (χ0n) is 22.4. The van der Waals surface area contributed by atoms with Gasteiger partial charge in [0.05, 0.1) is 25.2 Å². The lowest BCUT2D eigenvalue weighted by Crippen LogP contribution is -2.50. The Balaban J connectivity index is 2.04. The second kappa shape index (κ2) is 12.5. The van der Waals surface area contributed by atoms with Crippen molar-refractivity contribution in [1.29, 1.82) is 0 Å². The van der Waals surface area contributed by atoms with Gasteiger partial charge >= 0.3 is 0 Å². The average Bonchev–Trinajstić information content (AvgIpc) is 2.90. The Hall–Kier alpha value is -2.62. The molecule has 0 aliphatic carbocycles. The highest BCUT2D eigenvalue weighted by atomic mass is 32.2. The van der Waals surface area contributed by atoms with E-state index in [2.05, 4.69) is 11.8 Å². The topological polar surface area (TPSA) is 113 Å². The van der Waals surface area contributed by atoms with E-state index in [0.717, 1.165) is 6.42 Å². The molecule has 0 radical (unpaired) electrons. The third kappa shape index (κ3) is 6.50. The fourth-order valence-corrected chi connectivity index (χ4v) is 7.15. The van der Waals surface area contributed by atoms with E-state index < -0.39 is 38.1 Å². The van der Waals surface area contributed by atoms with Crippen molar-refractivity contribution in [2.24, 2.45) is 5.92 Å². The molecule has 2 aromatic rings. The maximum Gasteiger partial charge on any atom is 0.247 e. The quantitative estimate of drug-likeness (QED) is 0.491. The van der Waals surface area contributed by atoms with Gasteiger partial charge in [-0.05, 0) is 43.7 Å². The number of aliphatic hydroxyl groups excluding tert-OH is 1. The van der Waals surface area contributed by atoms with E-state index in [1.54, 1.807) is 38.1 Å². The molecule has 0 aromatic heterocycles. The van der Waals surface area contributed by atoms with E-state index in [9.17, 15) is 21.9 Å². The molecule has 2 aromatic carbocycles. The zero-order chi connectivity index (χ0) is 28.1. The summed E-state index contributed by atoms with van der Waals surface area (Å²) in [6.45, 7) is 5.10. The maximum absolute atomic E-state index is 13.6. The van der Waals surface area contributed by atoms with E-state index in [1.165, 1.54) is 41.0 Å². The number of hydrogen-bond acceptors (Lipinski definition) is 7.